The van der Waals surface area contributed by atoms with Crippen LogP contribution in [0.25, 0.3) is 10.2 Å². The summed E-state index contributed by atoms with van der Waals surface area (Å²) in [6.07, 6.45) is 0. The summed E-state index contributed by atoms with van der Waals surface area (Å²) < 4.78 is 1.52. The van der Waals surface area contributed by atoms with Crippen molar-refractivity contribution in [3.05, 3.63) is 56.4 Å². The van der Waals surface area contributed by atoms with Crippen LogP contribution in [0.4, 0.5) is 5.69 Å². The summed E-state index contributed by atoms with van der Waals surface area (Å²) in [5.74, 6) is 0.553. The van der Waals surface area contributed by atoms with Gasteiger partial charge in [-0.1, -0.05) is 12.1 Å². The highest BCUT2D eigenvalue weighted by molar-refractivity contribution is 7.20. The zero-order chi connectivity index (χ0) is 18.3. The molecule has 0 bridgehead atoms. The summed E-state index contributed by atoms with van der Waals surface area (Å²) in [7, 11) is 1.70. The number of fused-ring (bicyclic) bond motifs is 1. The number of rotatable bonds is 3. The first-order valence-corrected chi connectivity index (χ1v) is 9.02. The predicted octanol–water partition coefficient (Wildman–Crippen LogP) is 3.59. The van der Waals surface area contributed by atoms with E-state index >= 15 is 0 Å². The molecule has 2 aromatic heterocycles. The third-order valence-electron chi connectivity index (χ3n) is 4.46. The molecule has 1 aromatic carbocycles. The van der Waals surface area contributed by atoms with E-state index in [1.165, 1.54) is 15.9 Å². The molecule has 3 aromatic rings. The number of aromatic nitrogens is 2. The van der Waals surface area contributed by atoms with E-state index in [1.807, 2.05) is 45.0 Å². The van der Waals surface area contributed by atoms with Crippen molar-refractivity contribution in [2.45, 2.75) is 27.7 Å². The smallest absolute Gasteiger partial charge is 0.268 e. The van der Waals surface area contributed by atoms with Crippen LogP contribution in [0.5, 0.6) is 0 Å². The van der Waals surface area contributed by atoms with Crippen molar-refractivity contribution < 1.29 is 4.79 Å². The van der Waals surface area contributed by atoms with Gasteiger partial charge in [0.2, 0.25) is 0 Å². The van der Waals surface area contributed by atoms with E-state index in [4.69, 9.17) is 0 Å². The minimum Gasteiger partial charge on any atom is -0.308 e. The van der Waals surface area contributed by atoms with Crippen LogP contribution in [0.3, 0.4) is 0 Å². The van der Waals surface area contributed by atoms with E-state index in [0.717, 1.165) is 11.3 Å². The lowest BCUT2D eigenvalue weighted by Crippen LogP contribution is -2.30. The Hall–Kier alpha value is -2.47. The number of benzene rings is 1. The lowest BCUT2D eigenvalue weighted by molar-refractivity contribution is 0.0991. The Morgan fingerprint density at radius 1 is 1.28 bits per heavy atom. The van der Waals surface area contributed by atoms with E-state index in [9.17, 15) is 9.59 Å². The third kappa shape index (κ3) is 2.87. The minimum atomic E-state index is -0.103. The normalized spacial score (nSPS) is 11.1. The molecule has 6 heteroatoms. The Kier molecular flexibility index (Phi) is 4.47. The average molecular weight is 355 g/mol. The molecule has 0 spiro atoms. The fraction of sp³-hybridized carbons (Fsp3) is 0.316. The van der Waals surface area contributed by atoms with Crippen LogP contribution in [-0.2, 0) is 7.05 Å². The second-order valence-corrected chi connectivity index (χ2v) is 7.15. The minimum absolute atomic E-state index is 0.0895. The second kappa shape index (κ2) is 6.44. The van der Waals surface area contributed by atoms with Crippen LogP contribution in [0, 0.1) is 20.8 Å². The molecule has 0 aliphatic carbocycles. The molecule has 0 fully saturated rings. The first-order chi connectivity index (χ1) is 11.8. The molecule has 0 aliphatic rings. The number of thiophene rings is 1. The molecule has 0 radical (unpaired) electrons. The Morgan fingerprint density at radius 2 is 2.00 bits per heavy atom. The maximum atomic E-state index is 13.2. The second-order valence-electron chi connectivity index (χ2n) is 6.15. The number of nitrogens with zero attached hydrogens (tertiary/aromatic N) is 3. The molecule has 3 rings (SSSR count). The number of hydrogen-bond donors (Lipinski definition) is 0. The SMILES string of the molecule is CCN(C(=O)c1sc2nc(C)n(C)c(=O)c2c1C)c1cccc(C)c1. The largest absolute Gasteiger partial charge is 0.308 e. The van der Waals surface area contributed by atoms with Gasteiger partial charge < -0.3 is 4.90 Å². The number of aryl methyl sites for hydroxylation is 3. The van der Waals surface area contributed by atoms with Crippen molar-refractivity contribution in [1.82, 2.24) is 9.55 Å². The van der Waals surface area contributed by atoms with Gasteiger partial charge in [0.1, 0.15) is 10.7 Å². The van der Waals surface area contributed by atoms with E-state index in [-0.39, 0.29) is 11.5 Å². The summed E-state index contributed by atoms with van der Waals surface area (Å²) in [5.41, 5.74) is 2.57. The fourth-order valence-electron chi connectivity index (χ4n) is 2.93. The number of amides is 1. The lowest BCUT2D eigenvalue weighted by atomic mass is 10.1. The summed E-state index contributed by atoms with van der Waals surface area (Å²) in [6, 6.07) is 7.87. The van der Waals surface area contributed by atoms with Crippen LogP contribution in [0.1, 0.15) is 33.5 Å². The van der Waals surface area contributed by atoms with Crippen LogP contribution in [0.15, 0.2) is 29.1 Å². The van der Waals surface area contributed by atoms with Crippen LogP contribution < -0.4 is 10.5 Å². The fourth-order valence-corrected chi connectivity index (χ4v) is 4.10. The first-order valence-electron chi connectivity index (χ1n) is 8.20. The quantitative estimate of drug-likeness (QED) is 0.721. The van der Waals surface area contributed by atoms with Crippen molar-refractivity contribution in [3.63, 3.8) is 0 Å². The molecule has 2 heterocycles. The van der Waals surface area contributed by atoms with Gasteiger partial charge in [-0.25, -0.2) is 4.98 Å². The van der Waals surface area contributed by atoms with Gasteiger partial charge >= 0.3 is 0 Å². The Labute approximate surface area is 150 Å². The monoisotopic (exact) mass is 355 g/mol. The highest BCUT2D eigenvalue weighted by atomic mass is 32.1. The Balaban J connectivity index is 2.15. The molecule has 1 amide bonds. The van der Waals surface area contributed by atoms with Gasteiger partial charge in [-0.05, 0) is 51.0 Å². The van der Waals surface area contributed by atoms with Crippen LogP contribution >= 0.6 is 11.3 Å². The highest BCUT2D eigenvalue weighted by Crippen LogP contribution is 2.30. The Morgan fingerprint density at radius 3 is 2.64 bits per heavy atom. The number of carbonyl (C=O) groups excluding carboxylic acids is 1. The molecule has 0 unspecified atom stereocenters. The topological polar surface area (TPSA) is 55.2 Å². The van der Waals surface area contributed by atoms with E-state index < -0.39 is 0 Å². The average Bonchev–Trinajstić information content (AvgIpc) is 2.90. The Bertz CT molecular complexity index is 1030. The van der Waals surface area contributed by atoms with Gasteiger partial charge in [0.15, 0.2) is 0 Å². The highest BCUT2D eigenvalue weighted by Gasteiger charge is 2.24. The van der Waals surface area contributed by atoms with Crippen molar-refractivity contribution in [2.75, 3.05) is 11.4 Å². The maximum absolute atomic E-state index is 13.2. The van der Waals surface area contributed by atoms with Crippen molar-refractivity contribution >= 4 is 33.1 Å². The standard InChI is InChI=1S/C19H21N3O2S/c1-6-22(14-9-7-8-11(2)10-14)19(24)16-12(3)15-17(25-16)20-13(4)21(5)18(15)23/h7-10H,6H2,1-5H3. The maximum Gasteiger partial charge on any atom is 0.268 e. The lowest BCUT2D eigenvalue weighted by Gasteiger charge is -2.21. The van der Waals surface area contributed by atoms with Gasteiger partial charge in [0, 0.05) is 19.3 Å². The van der Waals surface area contributed by atoms with Crippen molar-refractivity contribution in [1.29, 1.82) is 0 Å². The summed E-state index contributed by atoms with van der Waals surface area (Å²) in [4.78, 5) is 33.1. The molecule has 25 heavy (non-hydrogen) atoms. The predicted molar refractivity (Wildman–Crippen MR) is 103 cm³/mol. The van der Waals surface area contributed by atoms with Gasteiger partial charge in [-0.2, -0.15) is 0 Å². The van der Waals surface area contributed by atoms with Crippen LogP contribution in [0.2, 0.25) is 0 Å². The van der Waals surface area contributed by atoms with E-state index in [2.05, 4.69) is 4.98 Å². The van der Waals surface area contributed by atoms with Gasteiger partial charge in [-0.15, -0.1) is 11.3 Å². The molecule has 5 nitrogen and oxygen atoms in total. The molecular formula is C19H21N3O2S. The molecule has 0 aliphatic heterocycles. The number of carbonyl (C=O) groups is 1. The number of anilines is 1. The molecular weight excluding hydrogens is 334 g/mol. The molecule has 130 valence electrons. The molecule has 0 atom stereocenters. The third-order valence-corrected chi connectivity index (χ3v) is 5.64. The van der Waals surface area contributed by atoms with Gasteiger partial charge in [-0.3, -0.25) is 14.2 Å². The van der Waals surface area contributed by atoms with E-state index in [0.29, 0.717) is 33.0 Å². The van der Waals surface area contributed by atoms with Crippen LogP contribution in [-0.4, -0.2) is 22.0 Å². The summed E-state index contributed by atoms with van der Waals surface area (Å²) >= 11 is 1.30. The zero-order valence-corrected chi connectivity index (χ0v) is 15.9. The zero-order valence-electron chi connectivity index (χ0n) is 15.1. The summed E-state index contributed by atoms with van der Waals surface area (Å²) in [6.45, 7) is 8.13. The van der Waals surface area contributed by atoms with Crippen molar-refractivity contribution in [3.8, 4) is 0 Å². The number of hydrogen-bond acceptors (Lipinski definition) is 4. The summed E-state index contributed by atoms with van der Waals surface area (Å²) in [5, 5.41) is 0.543. The van der Waals surface area contributed by atoms with Crippen molar-refractivity contribution in [2.24, 2.45) is 7.05 Å². The first kappa shape index (κ1) is 17.4. The van der Waals surface area contributed by atoms with Gasteiger partial charge in [0.05, 0.1) is 10.3 Å². The molecule has 0 saturated carbocycles. The van der Waals surface area contributed by atoms with Gasteiger partial charge in [0.25, 0.3) is 11.5 Å². The molecule has 0 saturated heterocycles. The molecule has 0 N–H and O–H groups in total. The van der Waals surface area contributed by atoms with E-state index in [1.54, 1.807) is 18.9 Å².